The zero-order valence-corrected chi connectivity index (χ0v) is 9.51. The van der Waals surface area contributed by atoms with E-state index >= 15 is 0 Å². The summed E-state index contributed by atoms with van der Waals surface area (Å²) >= 11 is 0. The molecule has 2 unspecified atom stereocenters. The lowest BCUT2D eigenvalue weighted by Gasteiger charge is -2.14. The molecule has 1 aliphatic carbocycles. The molecule has 7 heteroatoms. The molecule has 0 radical (unpaired) electrons. The molecule has 18 heavy (non-hydrogen) atoms. The van der Waals surface area contributed by atoms with Crippen LogP contribution >= 0.6 is 0 Å². The SMILES string of the molecule is N#CC1CCCC1NC(=O)c1nc[nH]c1C(=O)O. The Morgan fingerprint density at radius 1 is 1.56 bits per heavy atom. The van der Waals surface area contributed by atoms with Gasteiger partial charge in [0.15, 0.2) is 11.4 Å². The molecule has 7 nitrogen and oxygen atoms in total. The lowest BCUT2D eigenvalue weighted by Crippen LogP contribution is -2.37. The van der Waals surface area contributed by atoms with E-state index in [1.165, 1.54) is 0 Å². The van der Waals surface area contributed by atoms with Crippen molar-refractivity contribution in [2.75, 3.05) is 0 Å². The molecule has 0 bridgehead atoms. The molecule has 0 aromatic carbocycles. The van der Waals surface area contributed by atoms with Crippen molar-refractivity contribution in [2.45, 2.75) is 25.3 Å². The summed E-state index contributed by atoms with van der Waals surface area (Å²) in [5.74, 6) is -2.00. The van der Waals surface area contributed by atoms with E-state index in [4.69, 9.17) is 10.4 Å². The maximum Gasteiger partial charge on any atom is 0.354 e. The van der Waals surface area contributed by atoms with Crippen LogP contribution in [-0.2, 0) is 0 Å². The van der Waals surface area contributed by atoms with Gasteiger partial charge in [0.05, 0.1) is 18.3 Å². The van der Waals surface area contributed by atoms with Gasteiger partial charge in [0.2, 0.25) is 0 Å². The molecule has 2 rings (SSSR count). The number of nitriles is 1. The molecule has 0 aliphatic heterocycles. The number of amides is 1. The van der Waals surface area contributed by atoms with E-state index in [-0.39, 0.29) is 23.3 Å². The van der Waals surface area contributed by atoms with Crippen molar-refractivity contribution < 1.29 is 14.7 Å². The van der Waals surface area contributed by atoms with Gasteiger partial charge >= 0.3 is 5.97 Å². The first-order chi connectivity index (χ1) is 8.63. The minimum Gasteiger partial charge on any atom is -0.477 e. The number of aromatic nitrogens is 2. The summed E-state index contributed by atoms with van der Waals surface area (Å²) in [7, 11) is 0. The number of carbonyl (C=O) groups excluding carboxylic acids is 1. The number of imidazole rings is 1. The third-order valence-corrected chi connectivity index (χ3v) is 3.07. The number of nitrogens with zero attached hydrogens (tertiary/aromatic N) is 2. The fourth-order valence-corrected chi connectivity index (χ4v) is 2.15. The van der Waals surface area contributed by atoms with Gasteiger partial charge in [-0.2, -0.15) is 5.26 Å². The Bertz CT molecular complexity index is 517. The molecule has 1 aromatic rings. The normalized spacial score (nSPS) is 22.4. The van der Waals surface area contributed by atoms with E-state index in [1.807, 2.05) is 0 Å². The first-order valence-corrected chi connectivity index (χ1v) is 5.60. The van der Waals surface area contributed by atoms with E-state index in [0.29, 0.717) is 0 Å². The van der Waals surface area contributed by atoms with Crippen LogP contribution in [0.4, 0.5) is 0 Å². The molecule has 0 saturated heterocycles. The first kappa shape index (κ1) is 12.1. The molecule has 94 valence electrons. The summed E-state index contributed by atoms with van der Waals surface area (Å²) < 4.78 is 0. The summed E-state index contributed by atoms with van der Waals surface area (Å²) in [6.07, 6.45) is 3.54. The zero-order valence-electron chi connectivity index (χ0n) is 9.51. The predicted molar refractivity (Wildman–Crippen MR) is 59.8 cm³/mol. The Kier molecular flexibility index (Phi) is 3.28. The molecule has 1 aromatic heterocycles. The van der Waals surface area contributed by atoms with E-state index in [2.05, 4.69) is 21.4 Å². The molecule has 1 fully saturated rings. The fraction of sp³-hybridized carbons (Fsp3) is 0.455. The molecular weight excluding hydrogens is 236 g/mol. The number of carboxylic acids is 1. The standard InChI is InChI=1S/C11H12N4O3/c12-4-6-2-1-3-7(6)15-10(16)8-9(11(17)18)14-5-13-8/h5-7H,1-3H2,(H,13,14)(H,15,16)(H,17,18). The molecule has 1 aliphatic rings. The number of carbonyl (C=O) groups is 2. The molecule has 3 N–H and O–H groups in total. The van der Waals surface area contributed by atoms with Crippen LogP contribution in [0.15, 0.2) is 6.33 Å². The quantitative estimate of drug-likeness (QED) is 0.720. The van der Waals surface area contributed by atoms with Crippen LogP contribution in [0.25, 0.3) is 0 Å². The van der Waals surface area contributed by atoms with Gasteiger partial charge in [-0.25, -0.2) is 9.78 Å². The average Bonchev–Trinajstić information content (AvgIpc) is 2.96. The monoisotopic (exact) mass is 248 g/mol. The fourth-order valence-electron chi connectivity index (χ4n) is 2.15. The second kappa shape index (κ2) is 4.87. The van der Waals surface area contributed by atoms with Crippen LogP contribution in [0.1, 0.15) is 40.2 Å². The molecule has 2 atom stereocenters. The number of nitrogens with one attached hydrogen (secondary N) is 2. The largest absolute Gasteiger partial charge is 0.477 e. The van der Waals surface area contributed by atoms with Crippen LogP contribution in [-0.4, -0.2) is 33.0 Å². The molecule has 1 saturated carbocycles. The van der Waals surface area contributed by atoms with E-state index in [1.54, 1.807) is 0 Å². The van der Waals surface area contributed by atoms with Crippen molar-refractivity contribution in [1.29, 1.82) is 5.26 Å². The van der Waals surface area contributed by atoms with Crippen LogP contribution in [0, 0.1) is 17.2 Å². The van der Waals surface area contributed by atoms with Crippen LogP contribution in [0.2, 0.25) is 0 Å². The molecule has 0 spiro atoms. The Morgan fingerprint density at radius 2 is 2.33 bits per heavy atom. The van der Waals surface area contributed by atoms with Crippen molar-refractivity contribution in [3.05, 3.63) is 17.7 Å². The minimum absolute atomic E-state index is 0.147. The Balaban J connectivity index is 2.10. The van der Waals surface area contributed by atoms with Crippen LogP contribution in [0.3, 0.4) is 0 Å². The van der Waals surface area contributed by atoms with Gasteiger partial charge in [-0.15, -0.1) is 0 Å². The van der Waals surface area contributed by atoms with Gasteiger partial charge in [0, 0.05) is 6.04 Å². The van der Waals surface area contributed by atoms with Crippen LogP contribution in [0.5, 0.6) is 0 Å². The Labute approximate surface area is 103 Å². The highest BCUT2D eigenvalue weighted by Crippen LogP contribution is 2.25. The molecule has 1 heterocycles. The van der Waals surface area contributed by atoms with Gasteiger partial charge in [0.1, 0.15) is 0 Å². The van der Waals surface area contributed by atoms with Crippen LogP contribution < -0.4 is 5.32 Å². The first-order valence-electron chi connectivity index (χ1n) is 5.60. The molecule has 1 amide bonds. The topological polar surface area (TPSA) is 119 Å². The van der Waals surface area contributed by atoms with Gasteiger partial charge in [-0.05, 0) is 19.3 Å². The second-order valence-corrected chi connectivity index (χ2v) is 4.18. The van der Waals surface area contributed by atoms with Crippen molar-refractivity contribution in [2.24, 2.45) is 5.92 Å². The number of carboxylic acid groups (broad SMARTS) is 1. The summed E-state index contributed by atoms with van der Waals surface area (Å²) in [6.45, 7) is 0. The van der Waals surface area contributed by atoms with Crippen molar-refractivity contribution in [3.8, 4) is 6.07 Å². The third kappa shape index (κ3) is 2.18. The van der Waals surface area contributed by atoms with Gasteiger partial charge in [0.25, 0.3) is 5.91 Å². The van der Waals surface area contributed by atoms with Crippen molar-refractivity contribution in [3.63, 3.8) is 0 Å². The highest BCUT2D eigenvalue weighted by Gasteiger charge is 2.30. The van der Waals surface area contributed by atoms with E-state index in [9.17, 15) is 9.59 Å². The Hall–Kier alpha value is -2.36. The number of aromatic amines is 1. The Morgan fingerprint density at radius 3 is 3.00 bits per heavy atom. The predicted octanol–water partition coefficient (Wildman–Crippen LogP) is 0.530. The maximum atomic E-state index is 11.9. The minimum atomic E-state index is -1.24. The number of hydrogen-bond donors (Lipinski definition) is 3. The smallest absolute Gasteiger partial charge is 0.354 e. The molecular formula is C11H12N4O3. The lowest BCUT2D eigenvalue weighted by molar-refractivity contribution is 0.0684. The summed E-state index contributed by atoms with van der Waals surface area (Å²) in [6, 6.07) is 1.92. The summed E-state index contributed by atoms with van der Waals surface area (Å²) in [4.78, 5) is 28.8. The maximum absolute atomic E-state index is 11.9. The number of aromatic carboxylic acids is 1. The average molecular weight is 248 g/mol. The third-order valence-electron chi connectivity index (χ3n) is 3.07. The van der Waals surface area contributed by atoms with Gasteiger partial charge in [-0.1, -0.05) is 0 Å². The van der Waals surface area contributed by atoms with Crippen molar-refractivity contribution >= 4 is 11.9 Å². The highest BCUT2D eigenvalue weighted by molar-refractivity contribution is 6.02. The van der Waals surface area contributed by atoms with Crippen molar-refractivity contribution in [1.82, 2.24) is 15.3 Å². The number of rotatable bonds is 3. The second-order valence-electron chi connectivity index (χ2n) is 4.18. The van der Waals surface area contributed by atoms with E-state index < -0.39 is 11.9 Å². The summed E-state index contributed by atoms with van der Waals surface area (Å²) in [5, 5.41) is 20.4. The zero-order chi connectivity index (χ0) is 13.1. The van der Waals surface area contributed by atoms with E-state index in [0.717, 1.165) is 25.6 Å². The number of hydrogen-bond acceptors (Lipinski definition) is 4. The van der Waals surface area contributed by atoms with Gasteiger partial charge in [-0.3, -0.25) is 4.79 Å². The van der Waals surface area contributed by atoms with Gasteiger partial charge < -0.3 is 15.4 Å². The highest BCUT2D eigenvalue weighted by atomic mass is 16.4. The number of H-pyrrole nitrogens is 1. The lowest BCUT2D eigenvalue weighted by atomic mass is 10.1. The summed E-state index contributed by atoms with van der Waals surface area (Å²) in [5.41, 5.74) is -0.384.